The quantitative estimate of drug-likeness (QED) is 0.137. The van der Waals surface area contributed by atoms with Crippen LogP contribution >= 0.6 is 11.6 Å². The van der Waals surface area contributed by atoms with Crippen molar-refractivity contribution in [2.45, 2.75) is 38.7 Å². The minimum absolute atomic E-state index is 0.105. The van der Waals surface area contributed by atoms with Crippen LogP contribution in [0.2, 0.25) is 5.02 Å². The Kier molecular flexibility index (Phi) is 9.18. The molecule has 0 N–H and O–H groups in total. The van der Waals surface area contributed by atoms with E-state index in [9.17, 15) is 4.79 Å². The maximum Gasteiger partial charge on any atom is 0.310 e. The third-order valence-electron chi connectivity index (χ3n) is 7.87. The van der Waals surface area contributed by atoms with Crippen LogP contribution in [0.15, 0.2) is 73.8 Å². The second-order valence-electron chi connectivity index (χ2n) is 10.9. The van der Waals surface area contributed by atoms with Crippen LogP contribution in [0.4, 0.5) is 5.82 Å². The Morgan fingerprint density at radius 2 is 1.81 bits per heavy atom. The van der Waals surface area contributed by atoms with E-state index in [0.717, 1.165) is 71.1 Å². The van der Waals surface area contributed by atoms with Gasteiger partial charge in [0.1, 0.15) is 18.2 Å². The molecule has 4 aromatic rings. The van der Waals surface area contributed by atoms with Gasteiger partial charge in [0, 0.05) is 46.6 Å². The Bertz CT molecular complexity index is 1660. The smallest absolute Gasteiger partial charge is 0.310 e. The Morgan fingerprint density at radius 3 is 2.53 bits per heavy atom. The summed E-state index contributed by atoms with van der Waals surface area (Å²) in [6.07, 6.45) is 5.25. The Morgan fingerprint density at radius 1 is 1.07 bits per heavy atom. The second kappa shape index (κ2) is 13.0. The summed E-state index contributed by atoms with van der Waals surface area (Å²) in [6.45, 7) is 14.0. The average Bonchev–Trinajstić information content (AvgIpc) is 3.44. The van der Waals surface area contributed by atoms with Crippen molar-refractivity contribution < 1.29 is 19.0 Å². The van der Waals surface area contributed by atoms with Crippen molar-refractivity contribution in [3.63, 3.8) is 0 Å². The number of ether oxygens (including phenoxy) is 3. The van der Waals surface area contributed by atoms with Crippen molar-refractivity contribution in [3.8, 4) is 28.1 Å². The Labute approximate surface area is 257 Å². The number of carbonyl (C=O) groups is 1. The minimum Gasteiger partial charge on any atom is -0.489 e. The van der Waals surface area contributed by atoms with E-state index >= 15 is 0 Å². The largest absolute Gasteiger partial charge is 0.489 e. The lowest BCUT2D eigenvalue weighted by molar-refractivity contribution is -0.139. The average molecular weight is 601 g/mol. The summed E-state index contributed by atoms with van der Waals surface area (Å²) in [7, 11) is 1.40. The van der Waals surface area contributed by atoms with Crippen LogP contribution in [-0.2, 0) is 20.7 Å². The molecular weight excluding hydrogens is 564 g/mol. The van der Waals surface area contributed by atoms with Crippen molar-refractivity contribution in [3.05, 3.63) is 90.1 Å². The molecule has 2 aromatic carbocycles. The SMILES string of the molecule is C=CCOc1ccc(Cl)cc1-c1cccc(-c2cc3nc(C)c(CC(=O)OC)c(N4CCC(C)(OCC=C)CC4)n3n2)c1. The van der Waals surface area contributed by atoms with Crippen LogP contribution in [0.3, 0.4) is 0 Å². The number of benzene rings is 2. The molecule has 0 bridgehead atoms. The van der Waals surface area contributed by atoms with E-state index < -0.39 is 0 Å². The number of nitrogens with zero attached hydrogens (tertiary/aromatic N) is 4. The molecule has 5 rings (SSSR count). The molecule has 224 valence electrons. The molecule has 0 spiro atoms. The lowest BCUT2D eigenvalue weighted by Crippen LogP contribution is -2.45. The molecule has 3 heterocycles. The number of methoxy groups -OCH3 is 1. The van der Waals surface area contributed by atoms with Crippen LogP contribution < -0.4 is 9.64 Å². The van der Waals surface area contributed by atoms with Gasteiger partial charge in [-0.2, -0.15) is 9.61 Å². The lowest BCUT2D eigenvalue weighted by atomic mass is 9.93. The molecule has 0 unspecified atom stereocenters. The van der Waals surface area contributed by atoms with Gasteiger partial charge in [-0.3, -0.25) is 4.79 Å². The van der Waals surface area contributed by atoms with Crippen LogP contribution in [0.25, 0.3) is 28.0 Å². The number of halogens is 1. The van der Waals surface area contributed by atoms with Gasteiger partial charge in [-0.05, 0) is 56.5 Å². The molecule has 0 amide bonds. The maximum absolute atomic E-state index is 12.5. The van der Waals surface area contributed by atoms with E-state index in [0.29, 0.717) is 23.9 Å². The van der Waals surface area contributed by atoms with Gasteiger partial charge >= 0.3 is 5.97 Å². The molecule has 1 saturated heterocycles. The van der Waals surface area contributed by atoms with Gasteiger partial charge < -0.3 is 19.1 Å². The summed E-state index contributed by atoms with van der Waals surface area (Å²) in [5.74, 6) is 1.26. The summed E-state index contributed by atoms with van der Waals surface area (Å²) in [5, 5.41) is 5.67. The Balaban J connectivity index is 1.57. The highest BCUT2D eigenvalue weighted by molar-refractivity contribution is 6.31. The van der Waals surface area contributed by atoms with Crippen LogP contribution in [-0.4, -0.2) is 59.6 Å². The summed E-state index contributed by atoms with van der Waals surface area (Å²) in [6, 6.07) is 15.7. The summed E-state index contributed by atoms with van der Waals surface area (Å²) in [4.78, 5) is 19.6. The third-order valence-corrected chi connectivity index (χ3v) is 8.10. The van der Waals surface area contributed by atoms with Crippen molar-refractivity contribution in [1.82, 2.24) is 14.6 Å². The van der Waals surface area contributed by atoms with E-state index in [1.165, 1.54) is 7.11 Å². The Hall–Kier alpha value is -4.14. The number of esters is 1. The molecule has 43 heavy (non-hydrogen) atoms. The van der Waals surface area contributed by atoms with Gasteiger partial charge in [0.25, 0.3) is 0 Å². The summed E-state index contributed by atoms with van der Waals surface area (Å²) < 4.78 is 18.9. The highest BCUT2D eigenvalue weighted by atomic mass is 35.5. The monoisotopic (exact) mass is 600 g/mol. The number of rotatable bonds is 11. The maximum atomic E-state index is 12.5. The molecule has 0 radical (unpaired) electrons. The zero-order valence-electron chi connectivity index (χ0n) is 24.9. The lowest BCUT2D eigenvalue weighted by Gasteiger charge is -2.40. The number of aryl methyl sites for hydroxylation is 1. The number of hydrogen-bond acceptors (Lipinski definition) is 7. The van der Waals surface area contributed by atoms with Crippen molar-refractivity contribution in [2.24, 2.45) is 0 Å². The molecule has 0 aliphatic carbocycles. The first-order valence-corrected chi connectivity index (χ1v) is 14.7. The van der Waals surface area contributed by atoms with Gasteiger partial charge in [-0.25, -0.2) is 4.98 Å². The third kappa shape index (κ3) is 6.60. The second-order valence-corrected chi connectivity index (χ2v) is 11.3. The van der Waals surface area contributed by atoms with E-state index in [2.05, 4.69) is 31.0 Å². The van der Waals surface area contributed by atoms with Crippen molar-refractivity contribution >= 4 is 29.0 Å². The number of aromatic nitrogens is 3. The van der Waals surface area contributed by atoms with E-state index in [-0.39, 0.29) is 18.0 Å². The standard InChI is InChI=1S/C34H37ClN4O4/c1-6-17-42-30-12-11-26(35)20-28(30)24-9-8-10-25(19-24)29-22-31-36-23(3)27(21-32(40)41-5)33(39(31)37-29)38-15-13-34(4,14-16-38)43-18-7-2/h6-12,19-20,22H,1-2,13-18,21H2,3-5H3. The van der Waals surface area contributed by atoms with Gasteiger partial charge in [0.15, 0.2) is 5.65 Å². The zero-order chi connectivity index (χ0) is 30.6. The van der Waals surface area contributed by atoms with E-state index in [1.54, 1.807) is 12.2 Å². The van der Waals surface area contributed by atoms with Crippen LogP contribution in [0, 0.1) is 6.92 Å². The molecule has 0 atom stereocenters. The predicted octanol–water partition coefficient (Wildman–Crippen LogP) is 6.87. The fraction of sp³-hybridized carbons (Fsp3) is 0.324. The number of piperidine rings is 1. The molecule has 0 saturated carbocycles. The number of anilines is 1. The molecular formula is C34H37ClN4O4. The molecule has 1 fully saturated rings. The zero-order valence-corrected chi connectivity index (χ0v) is 25.7. The normalized spacial score (nSPS) is 14.5. The molecule has 8 nitrogen and oxygen atoms in total. The van der Waals surface area contributed by atoms with Crippen LogP contribution in [0.1, 0.15) is 31.0 Å². The molecule has 1 aliphatic heterocycles. The molecule has 2 aromatic heterocycles. The predicted molar refractivity (Wildman–Crippen MR) is 171 cm³/mol. The van der Waals surface area contributed by atoms with Crippen molar-refractivity contribution in [2.75, 3.05) is 38.3 Å². The number of fused-ring (bicyclic) bond motifs is 1. The topological polar surface area (TPSA) is 78.2 Å². The fourth-order valence-corrected chi connectivity index (χ4v) is 5.64. The minimum atomic E-state index is -0.322. The first kappa shape index (κ1) is 30.3. The highest BCUT2D eigenvalue weighted by Crippen LogP contribution is 2.36. The highest BCUT2D eigenvalue weighted by Gasteiger charge is 2.33. The number of hydrogen-bond donors (Lipinski definition) is 0. The van der Waals surface area contributed by atoms with Crippen LogP contribution in [0.5, 0.6) is 5.75 Å². The first-order valence-electron chi connectivity index (χ1n) is 14.3. The van der Waals surface area contributed by atoms with E-state index in [1.807, 2.05) is 53.9 Å². The summed E-state index contributed by atoms with van der Waals surface area (Å²) in [5.41, 5.74) is 5.55. The molecule has 9 heteroatoms. The van der Waals surface area contributed by atoms with Crippen molar-refractivity contribution in [1.29, 1.82) is 0 Å². The van der Waals surface area contributed by atoms with Gasteiger partial charge in [-0.1, -0.05) is 48.5 Å². The summed E-state index contributed by atoms with van der Waals surface area (Å²) >= 11 is 6.37. The molecule has 1 aliphatic rings. The van der Waals surface area contributed by atoms with Gasteiger partial charge in [0.05, 0.1) is 31.4 Å². The number of carbonyl (C=O) groups excluding carboxylic acids is 1. The van der Waals surface area contributed by atoms with E-state index in [4.69, 9.17) is 35.9 Å². The van der Waals surface area contributed by atoms with Gasteiger partial charge in [0.2, 0.25) is 0 Å². The van der Waals surface area contributed by atoms with Gasteiger partial charge in [-0.15, -0.1) is 6.58 Å². The first-order chi connectivity index (χ1) is 20.7. The fourth-order valence-electron chi connectivity index (χ4n) is 5.47.